The van der Waals surface area contributed by atoms with Crippen molar-refractivity contribution in [2.75, 3.05) is 14.2 Å². The second-order valence-corrected chi connectivity index (χ2v) is 9.70. The summed E-state index contributed by atoms with van der Waals surface area (Å²) >= 11 is 1.74. The SMILES string of the molecule is C/C=C(\C)Cn1c(COCc2ccccc2)nc(C(C)C)c1Sc1cccc(OC)c1.C/C=C\NC. The van der Waals surface area contributed by atoms with Crippen LogP contribution in [0.5, 0.6) is 5.75 Å². The third kappa shape index (κ3) is 9.25. The number of aromatic nitrogens is 2. The standard InChI is InChI=1S/C26H32N2O2S.C4H9N/c1-6-20(4)16-28-24(18-30-17-21-11-8-7-9-12-21)27-25(19(2)3)26(28)31-23-14-10-13-22(15-23)29-5;1-3-4-5-2/h6-15,19H,16-18H2,1-5H3;3-5H,1-2H3/b20-6+;4-3-. The molecule has 194 valence electrons. The van der Waals surface area contributed by atoms with E-state index in [0.717, 1.165) is 28.7 Å². The molecule has 0 fully saturated rings. The van der Waals surface area contributed by atoms with Gasteiger partial charge >= 0.3 is 0 Å². The van der Waals surface area contributed by atoms with Crippen LogP contribution in [0, 0.1) is 0 Å². The van der Waals surface area contributed by atoms with Gasteiger partial charge < -0.3 is 19.4 Å². The first-order valence-corrected chi connectivity index (χ1v) is 13.2. The van der Waals surface area contributed by atoms with E-state index in [4.69, 9.17) is 14.5 Å². The highest BCUT2D eigenvalue weighted by molar-refractivity contribution is 7.99. The summed E-state index contributed by atoms with van der Waals surface area (Å²) in [5, 5.41) is 4.01. The minimum Gasteiger partial charge on any atom is -0.497 e. The molecule has 6 heteroatoms. The van der Waals surface area contributed by atoms with Crippen molar-refractivity contribution < 1.29 is 9.47 Å². The smallest absolute Gasteiger partial charge is 0.136 e. The molecular weight excluding hydrogens is 466 g/mol. The van der Waals surface area contributed by atoms with Crippen LogP contribution in [-0.2, 0) is 24.5 Å². The zero-order chi connectivity index (χ0) is 26.3. The van der Waals surface area contributed by atoms with Gasteiger partial charge in [0.2, 0.25) is 0 Å². The van der Waals surface area contributed by atoms with Gasteiger partial charge in [0, 0.05) is 18.5 Å². The van der Waals surface area contributed by atoms with Crippen LogP contribution in [0.4, 0.5) is 0 Å². The molecule has 0 aliphatic rings. The van der Waals surface area contributed by atoms with Crippen LogP contribution in [0.1, 0.15) is 57.6 Å². The molecule has 0 saturated heterocycles. The number of benzene rings is 2. The number of hydrogen-bond acceptors (Lipinski definition) is 5. The Hall–Kier alpha value is -2.96. The molecule has 3 rings (SSSR count). The minimum absolute atomic E-state index is 0.313. The summed E-state index contributed by atoms with van der Waals surface area (Å²) in [6.07, 6.45) is 5.98. The highest BCUT2D eigenvalue weighted by Gasteiger charge is 2.21. The monoisotopic (exact) mass is 507 g/mol. The number of ether oxygens (including phenoxy) is 2. The van der Waals surface area contributed by atoms with E-state index in [0.29, 0.717) is 19.1 Å². The summed E-state index contributed by atoms with van der Waals surface area (Å²) < 4.78 is 13.8. The normalized spacial score (nSPS) is 11.5. The van der Waals surface area contributed by atoms with Crippen LogP contribution in [0.3, 0.4) is 0 Å². The van der Waals surface area contributed by atoms with E-state index in [-0.39, 0.29) is 0 Å². The van der Waals surface area contributed by atoms with Gasteiger partial charge in [-0.05, 0) is 56.7 Å². The lowest BCUT2D eigenvalue weighted by Gasteiger charge is -2.14. The fraction of sp³-hybridized carbons (Fsp3) is 0.367. The van der Waals surface area contributed by atoms with Crippen LogP contribution in [0.25, 0.3) is 0 Å². The first kappa shape index (κ1) is 29.3. The molecule has 0 aliphatic carbocycles. The Morgan fingerprint density at radius 1 is 1.08 bits per heavy atom. The maximum atomic E-state index is 6.06. The lowest BCUT2D eigenvalue weighted by atomic mass is 10.1. The highest BCUT2D eigenvalue weighted by Crippen LogP contribution is 2.36. The Bertz CT molecular complexity index is 1100. The van der Waals surface area contributed by atoms with E-state index >= 15 is 0 Å². The van der Waals surface area contributed by atoms with Crippen molar-refractivity contribution in [1.29, 1.82) is 0 Å². The summed E-state index contributed by atoms with van der Waals surface area (Å²) in [6.45, 7) is 12.4. The molecule has 0 spiro atoms. The highest BCUT2D eigenvalue weighted by atomic mass is 32.2. The Morgan fingerprint density at radius 2 is 1.83 bits per heavy atom. The maximum Gasteiger partial charge on any atom is 0.136 e. The third-order valence-electron chi connectivity index (χ3n) is 5.40. The Labute approximate surface area is 221 Å². The van der Waals surface area contributed by atoms with Crippen LogP contribution < -0.4 is 10.1 Å². The fourth-order valence-electron chi connectivity index (χ4n) is 3.38. The first-order valence-electron chi connectivity index (χ1n) is 12.4. The van der Waals surface area contributed by atoms with Crippen molar-refractivity contribution in [3.8, 4) is 5.75 Å². The number of allylic oxidation sites excluding steroid dienone is 3. The topological polar surface area (TPSA) is 48.3 Å². The number of nitrogens with one attached hydrogen (secondary N) is 1. The molecule has 1 heterocycles. The molecule has 1 N–H and O–H groups in total. The molecule has 3 aromatic rings. The van der Waals surface area contributed by atoms with Gasteiger partial charge in [0.05, 0.1) is 19.4 Å². The van der Waals surface area contributed by atoms with E-state index in [2.05, 4.69) is 67.9 Å². The largest absolute Gasteiger partial charge is 0.497 e. The van der Waals surface area contributed by atoms with Crippen molar-refractivity contribution in [3.05, 3.63) is 95.6 Å². The van der Waals surface area contributed by atoms with Gasteiger partial charge in [-0.15, -0.1) is 0 Å². The van der Waals surface area contributed by atoms with Crippen molar-refractivity contribution in [2.24, 2.45) is 0 Å². The molecule has 5 nitrogen and oxygen atoms in total. The first-order chi connectivity index (χ1) is 17.4. The molecule has 0 aliphatic heterocycles. The minimum atomic E-state index is 0.313. The number of nitrogens with zero attached hydrogens (tertiary/aromatic N) is 2. The quantitative estimate of drug-likeness (QED) is 0.271. The molecule has 0 saturated carbocycles. The van der Waals surface area contributed by atoms with Gasteiger partial charge in [0.15, 0.2) is 0 Å². The van der Waals surface area contributed by atoms with E-state index < -0.39 is 0 Å². The van der Waals surface area contributed by atoms with Crippen molar-refractivity contribution in [2.45, 2.75) is 70.2 Å². The number of imidazole rings is 1. The van der Waals surface area contributed by atoms with Crippen LogP contribution in [-0.4, -0.2) is 23.7 Å². The number of hydrogen-bond donors (Lipinski definition) is 1. The molecule has 0 atom stereocenters. The molecule has 2 aromatic carbocycles. The van der Waals surface area contributed by atoms with Crippen LogP contribution in [0.2, 0.25) is 0 Å². The second-order valence-electron chi connectivity index (χ2n) is 8.64. The molecule has 0 bridgehead atoms. The van der Waals surface area contributed by atoms with Crippen molar-refractivity contribution >= 4 is 11.8 Å². The van der Waals surface area contributed by atoms with E-state index in [1.54, 1.807) is 18.9 Å². The van der Waals surface area contributed by atoms with Gasteiger partial charge in [-0.3, -0.25) is 0 Å². The van der Waals surface area contributed by atoms with E-state index in [9.17, 15) is 0 Å². The molecule has 0 amide bonds. The summed E-state index contributed by atoms with van der Waals surface area (Å²) in [4.78, 5) is 6.16. The summed E-state index contributed by atoms with van der Waals surface area (Å²) in [5.41, 5.74) is 3.57. The van der Waals surface area contributed by atoms with Gasteiger partial charge in [-0.25, -0.2) is 4.98 Å². The Morgan fingerprint density at radius 3 is 2.42 bits per heavy atom. The Kier molecular flexibility index (Phi) is 12.9. The predicted octanol–water partition coefficient (Wildman–Crippen LogP) is 7.59. The third-order valence-corrected chi connectivity index (χ3v) is 6.52. The van der Waals surface area contributed by atoms with Crippen LogP contribution >= 0.6 is 11.8 Å². The van der Waals surface area contributed by atoms with Gasteiger partial charge in [0.25, 0.3) is 0 Å². The summed E-state index contributed by atoms with van der Waals surface area (Å²) in [5.74, 6) is 2.14. The van der Waals surface area contributed by atoms with Gasteiger partial charge in [-0.2, -0.15) is 0 Å². The average molecular weight is 508 g/mol. The van der Waals surface area contributed by atoms with Crippen LogP contribution in [0.15, 0.2) is 88.4 Å². The second kappa shape index (κ2) is 15.9. The van der Waals surface area contributed by atoms with Crippen molar-refractivity contribution in [3.63, 3.8) is 0 Å². The lowest BCUT2D eigenvalue weighted by molar-refractivity contribution is 0.0991. The fourth-order valence-corrected chi connectivity index (χ4v) is 4.59. The zero-order valence-electron chi connectivity index (χ0n) is 22.7. The van der Waals surface area contributed by atoms with E-state index in [1.807, 2.05) is 56.6 Å². The number of methoxy groups -OCH3 is 1. The summed E-state index contributed by atoms with van der Waals surface area (Å²) in [6, 6.07) is 18.4. The average Bonchev–Trinajstić information content (AvgIpc) is 3.22. The molecule has 1 aromatic heterocycles. The van der Waals surface area contributed by atoms with E-state index in [1.165, 1.54) is 16.2 Å². The molecule has 36 heavy (non-hydrogen) atoms. The van der Waals surface area contributed by atoms with Crippen molar-refractivity contribution in [1.82, 2.24) is 14.9 Å². The summed E-state index contributed by atoms with van der Waals surface area (Å²) in [7, 11) is 3.57. The Balaban J connectivity index is 0.000000830. The molecule has 0 radical (unpaired) electrons. The van der Waals surface area contributed by atoms with Gasteiger partial charge in [0.1, 0.15) is 23.2 Å². The van der Waals surface area contributed by atoms with Gasteiger partial charge in [-0.1, -0.05) is 79.7 Å². The number of rotatable bonds is 11. The maximum absolute atomic E-state index is 6.06. The predicted molar refractivity (Wildman–Crippen MR) is 152 cm³/mol. The zero-order valence-corrected chi connectivity index (χ0v) is 23.6. The molecular formula is C30H41N3O2S. The lowest BCUT2D eigenvalue weighted by Crippen LogP contribution is -2.08. The molecule has 0 unspecified atom stereocenters.